The van der Waals surface area contributed by atoms with Gasteiger partial charge in [-0.05, 0) is 37.1 Å². The van der Waals surface area contributed by atoms with Crippen LogP contribution in [-0.4, -0.2) is 38.8 Å². The Labute approximate surface area is 177 Å². The maximum atomic E-state index is 12.9. The summed E-state index contributed by atoms with van der Waals surface area (Å²) in [6.45, 7) is 1.46. The Hall–Kier alpha value is -3.06. The zero-order chi connectivity index (χ0) is 20.5. The lowest BCUT2D eigenvalue weighted by Crippen LogP contribution is -2.39. The molecule has 1 aliphatic heterocycles. The van der Waals surface area contributed by atoms with Gasteiger partial charge < -0.3 is 9.88 Å². The van der Waals surface area contributed by atoms with Crippen LogP contribution < -0.4 is 5.56 Å². The number of H-pyrrole nitrogens is 1. The Morgan fingerprint density at radius 3 is 2.77 bits per heavy atom. The number of hydrogen-bond acceptors (Lipinski definition) is 5. The fourth-order valence-electron chi connectivity index (χ4n) is 4.09. The summed E-state index contributed by atoms with van der Waals surface area (Å²) in [5, 5.41) is 1.11. The molecule has 4 aromatic rings. The van der Waals surface area contributed by atoms with Crippen LogP contribution in [0.5, 0.6) is 0 Å². The number of carbonyl (C=O) groups is 1. The van der Waals surface area contributed by atoms with E-state index in [0.717, 1.165) is 35.4 Å². The van der Waals surface area contributed by atoms with Crippen molar-refractivity contribution >= 4 is 38.5 Å². The van der Waals surface area contributed by atoms with Crippen molar-refractivity contribution in [3.05, 3.63) is 69.6 Å². The van der Waals surface area contributed by atoms with Crippen molar-refractivity contribution in [1.29, 1.82) is 0 Å². The van der Waals surface area contributed by atoms with Gasteiger partial charge in [0.2, 0.25) is 5.91 Å². The molecule has 0 radical (unpaired) electrons. The highest BCUT2D eigenvalue weighted by molar-refractivity contribution is 7.18. The van der Waals surface area contributed by atoms with E-state index in [-0.39, 0.29) is 17.4 Å². The monoisotopic (exact) mass is 418 g/mol. The molecule has 7 heteroatoms. The number of para-hydroxylation sites is 3. The Morgan fingerprint density at radius 2 is 1.90 bits per heavy atom. The molecule has 1 aliphatic rings. The largest absolute Gasteiger partial charge is 0.342 e. The summed E-state index contributed by atoms with van der Waals surface area (Å²) in [4.78, 5) is 39.2. The Morgan fingerprint density at radius 1 is 1.10 bits per heavy atom. The molecular formula is C23H22N4O2S. The van der Waals surface area contributed by atoms with Crippen molar-refractivity contribution < 1.29 is 4.79 Å². The van der Waals surface area contributed by atoms with Crippen LogP contribution in [-0.2, 0) is 11.2 Å². The first-order valence-electron chi connectivity index (χ1n) is 10.3. The lowest BCUT2D eigenvalue weighted by Gasteiger charge is -2.32. The Bertz CT molecular complexity index is 1250. The summed E-state index contributed by atoms with van der Waals surface area (Å²) in [5.41, 5.74) is 2.69. The number of amides is 1. The van der Waals surface area contributed by atoms with Crippen LogP contribution in [0.4, 0.5) is 0 Å². The number of hydrogen-bond donors (Lipinski definition) is 1. The SMILES string of the molecule is O=C(CCc1nc2ccccc2[nH]c1=O)N1CCC[C@H](c2nc3ccccc3s2)C1. The van der Waals surface area contributed by atoms with Gasteiger partial charge in [0.15, 0.2) is 0 Å². The van der Waals surface area contributed by atoms with E-state index in [4.69, 9.17) is 4.98 Å². The molecule has 0 bridgehead atoms. The van der Waals surface area contributed by atoms with E-state index < -0.39 is 0 Å². The zero-order valence-electron chi connectivity index (χ0n) is 16.5. The number of nitrogens with one attached hydrogen (secondary N) is 1. The minimum atomic E-state index is -0.215. The number of aromatic amines is 1. The third-order valence-electron chi connectivity index (χ3n) is 5.68. The summed E-state index contributed by atoms with van der Waals surface area (Å²) < 4.78 is 1.19. The van der Waals surface area contributed by atoms with Crippen LogP contribution >= 0.6 is 11.3 Å². The van der Waals surface area contributed by atoms with Crippen LogP contribution in [0.25, 0.3) is 21.3 Å². The van der Waals surface area contributed by atoms with Crippen molar-refractivity contribution in [3.8, 4) is 0 Å². The molecule has 3 heterocycles. The van der Waals surface area contributed by atoms with Gasteiger partial charge in [-0.15, -0.1) is 11.3 Å². The van der Waals surface area contributed by atoms with E-state index in [2.05, 4.69) is 16.0 Å². The molecule has 1 N–H and O–H groups in total. The highest BCUT2D eigenvalue weighted by atomic mass is 32.1. The average molecular weight is 419 g/mol. The van der Waals surface area contributed by atoms with Crippen LogP contribution in [0.3, 0.4) is 0 Å². The van der Waals surface area contributed by atoms with E-state index >= 15 is 0 Å². The van der Waals surface area contributed by atoms with Crippen molar-refractivity contribution in [2.24, 2.45) is 0 Å². The maximum absolute atomic E-state index is 12.9. The summed E-state index contributed by atoms with van der Waals surface area (Å²) in [5.74, 6) is 0.359. The maximum Gasteiger partial charge on any atom is 0.270 e. The van der Waals surface area contributed by atoms with Gasteiger partial charge in [-0.2, -0.15) is 0 Å². The molecule has 2 aromatic heterocycles. The van der Waals surface area contributed by atoms with Gasteiger partial charge in [-0.1, -0.05) is 24.3 Å². The number of carbonyl (C=O) groups excluding carboxylic acids is 1. The van der Waals surface area contributed by atoms with Crippen LogP contribution in [0.1, 0.15) is 35.9 Å². The zero-order valence-corrected chi connectivity index (χ0v) is 17.3. The molecular weight excluding hydrogens is 396 g/mol. The first kappa shape index (κ1) is 18.9. The summed E-state index contributed by atoms with van der Waals surface area (Å²) >= 11 is 1.73. The number of benzene rings is 2. The highest BCUT2D eigenvalue weighted by Gasteiger charge is 2.27. The molecule has 1 amide bonds. The molecule has 6 nitrogen and oxygen atoms in total. The van der Waals surface area contributed by atoms with Gasteiger partial charge in [0.25, 0.3) is 5.56 Å². The van der Waals surface area contributed by atoms with E-state index in [9.17, 15) is 9.59 Å². The van der Waals surface area contributed by atoms with Crippen molar-refractivity contribution in [1.82, 2.24) is 19.9 Å². The molecule has 0 aliphatic carbocycles. The molecule has 5 rings (SSSR count). The first-order chi connectivity index (χ1) is 14.7. The molecule has 152 valence electrons. The standard InChI is InChI=1S/C23H22N4O2S/c28-21(12-11-19-22(29)25-17-8-2-1-7-16(17)24-19)27-13-5-6-15(14-27)23-26-18-9-3-4-10-20(18)30-23/h1-4,7-10,15H,5-6,11-14H2,(H,25,29)/t15-/m0/s1. The van der Waals surface area contributed by atoms with E-state index in [1.807, 2.05) is 47.4 Å². The number of nitrogens with zero attached hydrogens (tertiary/aromatic N) is 3. The van der Waals surface area contributed by atoms with Gasteiger partial charge in [-0.25, -0.2) is 9.97 Å². The number of likely N-dealkylation sites (tertiary alicyclic amines) is 1. The number of piperidine rings is 1. The van der Waals surface area contributed by atoms with Gasteiger partial charge in [0.1, 0.15) is 5.69 Å². The van der Waals surface area contributed by atoms with Gasteiger partial charge in [0.05, 0.1) is 26.3 Å². The summed E-state index contributed by atoms with van der Waals surface area (Å²) in [6, 6.07) is 15.6. The number of thiazole rings is 1. The third-order valence-corrected chi connectivity index (χ3v) is 6.88. The average Bonchev–Trinajstić information content (AvgIpc) is 3.22. The Kier molecular flexibility index (Phi) is 5.04. The first-order valence-corrected chi connectivity index (χ1v) is 11.1. The van der Waals surface area contributed by atoms with Crippen LogP contribution in [0.15, 0.2) is 53.3 Å². The number of fused-ring (bicyclic) bond motifs is 2. The molecule has 2 aromatic carbocycles. The molecule has 1 saturated heterocycles. The van der Waals surface area contributed by atoms with E-state index in [1.54, 1.807) is 11.3 Å². The normalized spacial score (nSPS) is 16.9. The predicted molar refractivity (Wildman–Crippen MR) is 119 cm³/mol. The number of rotatable bonds is 4. The van der Waals surface area contributed by atoms with Gasteiger partial charge in [-0.3, -0.25) is 9.59 Å². The minimum absolute atomic E-state index is 0.0789. The molecule has 0 saturated carbocycles. The molecule has 1 atom stereocenters. The molecule has 1 fully saturated rings. The van der Waals surface area contributed by atoms with E-state index in [1.165, 1.54) is 4.70 Å². The minimum Gasteiger partial charge on any atom is -0.342 e. The highest BCUT2D eigenvalue weighted by Crippen LogP contribution is 2.33. The van der Waals surface area contributed by atoms with Crippen molar-refractivity contribution in [3.63, 3.8) is 0 Å². The second-order valence-corrected chi connectivity index (χ2v) is 8.79. The molecule has 0 unspecified atom stereocenters. The van der Waals surface area contributed by atoms with Crippen molar-refractivity contribution in [2.75, 3.05) is 13.1 Å². The lowest BCUT2D eigenvalue weighted by molar-refractivity contribution is -0.132. The summed E-state index contributed by atoms with van der Waals surface area (Å²) in [7, 11) is 0. The van der Waals surface area contributed by atoms with Gasteiger partial charge >= 0.3 is 0 Å². The molecule has 0 spiro atoms. The van der Waals surface area contributed by atoms with E-state index in [0.29, 0.717) is 30.6 Å². The second kappa shape index (κ2) is 7.99. The summed E-state index contributed by atoms with van der Waals surface area (Å²) in [6.07, 6.45) is 2.67. The topological polar surface area (TPSA) is 79.0 Å². The lowest BCUT2D eigenvalue weighted by atomic mass is 9.98. The quantitative estimate of drug-likeness (QED) is 0.546. The third kappa shape index (κ3) is 3.73. The second-order valence-electron chi connectivity index (χ2n) is 7.73. The smallest absolute Gasteiger partial charge is 0.270 e. The van der Waals surface area contributed by atoms with Crippen LogP contribution in [0, 0.1) is 0 Å². The Balaban J connectivity index is 1.27. The number of aromatic nitrogens is 3. The number of aryl methyl sites for hydroxylation is 1. The fourth-order valence-corrected chi connectivity index (χ4v) is 5.18. The van der Waals surface area contributed by atoms with Crippen molar-refractivity contribution in [2.45, 2.75) is 31.6 Å². The fraction of sp³-hybridized carbons (Fsp3) is 0.304. The molecule has 30 heavy (non-hydrogen) atoms. The van der Waals surface area contributed by atoms with Crippen LogP contribution in [0.2, 0.25) is 0 Å². The van der Waals surface area contributed by atoms with Gasteiger partial charge in [0, 0.05) is 31.8 Å². The predicted octanol–water partition coefficient (Wildman–Crippen LogP) is 3.87.